The number of rotatable bonds is 4. The first kappa shape index (κ1) is 15.4. The van der Waals surface area contributed by atoms with Crippen molar-refractivity contribution in [2.24, 2.45) is 17.6 Å². The van der Waals surface area contributed by atoms with Gasteiger partial charge in [-0.05, 0) is 61.8 Å². The van der Waals surface area contributed by atoms with Gasteiger partial charge in [-0.25, -0.2) is 4.39 Å². The average Bonchev–Trinajstić information content (AvgIpc) is 3.31. The first-order valence-corrected chi connectivity index (χ1v) is 8.01. The van der Waals surface area contributed by atoms with E-state index in [1.165, 1.54) is 24.3 Å². The van der Waals surface area contributed by atoms with Crippen LogP contribution in [0.2, 0.25) is 0 Å². The number of carbonyl (C=O) groups excluding carboxylic acids is 1. The van der Waals surface area contributed by atoms with E-state index >= 15 is 0 Å². The Kier molecular flexibility index (Phi) is 4.45. The Hall–Kier alpha value is -1.46. The van der Waals surface area contributed by atoms with E-state index in [0.717, 1.165) is 19.3 Å². The zero-order chi connectivity index (χ0) is 15.7. The van der Waals surface area contributed by atoms with Crippen molar-refractivity contribution >= 4 is 5.91 Å². The van der Waals surface area contributed by atoms with Gasteiger partial charge in [-0.1, -0.05) is 0 Å². The molecule has 0 bridgehead atoms. The SMILES string of the molecule is NC1CC(CC(O)C2CC2)CN(C(=O)c2ccc(F)cc2)C1. The lowest BCUT2D eigenvalue weighted by Crippen LogP contribution is -2.50. The predicted octanol–water partition coefficient (Wildman–Crippen LogP) is 1.78. The number of likely N-dealkylation sites (tertiary alicyclic amines) is 1. The van der Waals surface area contributed by atoms with Crippen LogP contribution in [0, 0.1) is 17.7 Å². The van der Waals surface area contributed by atoms with E-state index in [1.54, 1.807) is 4.90 Å². The zero-order valence-corrected chi connectivity index (χ0v) is 12.6. The second kappa shape index (κ2) is 6.34. The van der Waals surface area contributed by atoms with Crippen molar-refractivity contribution in [1.29, 1.82) is 0 Å². The highest BCUT2D eigenvalue weighted by molar-refractivity contribution is 5.94. The fourth-order valence-corrected chi connectivity index (χ4v) is 3.37. The zero-order valence-electron chi connectivity index (χ0n) is 12.6. The molecule has 1 aromatic rings. The van der Waals surface area contributed by atoms with Gasteiger partial charge < -0.3 is 15.7 Å². The lowest BCUT2D eigenvalue weighted by atomic mass is 9.88. The molecule has 1 aliphatic heterocycles. The summed E-state index contributed by atoms with van der Waals surface area (Å²) in [5.74, 6) is 0.224. The number of hydrogen-bond donors (Lipinski definition) is 2. The highest BCUT2D eigenvalue weighted by Crippen LogP contribution is 2.36. The summed E-state index contributed by atoms with van der Waals surface area (Å²) < 4.78 is 13.0. The molecule has 2 fully saturated rings. The number of nitrogens with zero attached hydrogens (tertiary/aromatic N) is 1. The Balaban J connectivity index is 1.64. The molecular weight excluding hydrogens is 283 g/mol. The fraction of sp³-hybridized carbons (Fsp3) is 0.588. The maximum atomic E-state index is 13.0. The quantitative estimate of drug-likeness (QED) is 0.891. The molecule has 3 rings (SSSR count). The van der Waals surface area contributed by atoms with E-state index in [4.69, 9.17) is 5.73 Å². The third kappa shape index (κ3) is 3.65. The van der Waals surface area contributed by atoms with Gasteiger partial charge in [0.05, 0.1) is 6.10 Å². The van der Waals surface area contributed by atoms with Crippen molar-refractivity contribution in [2.75, 3.05) is 13.1 Å². The molecule has 5 heteroatoms. The number of aliphatic hydroxyl groups is 1. The molecule has 3 atom stereocenters. The molecular formula is C17H23FN2O2. The van der Waals surface area contributed by atoms with E-state index in [2.05, 4.69) is 0 Å². The molecule has 3 unspecified atom stereocenters. The van der Waals surface area contributed by atoms with Gasteiger partial charge in [0.25, 0.3) is 5.91 Å². The number of piperidine rings is 1. The molecule has 2 aliphatic rings. The Morgan fingerprint density at radius 1 is 1.32 bits per heavy atom. The molecule has 1 saturated heterocycles. The minimum atomic E-state index is -0.350. The lowest BCUT2D eigenvalue weighted by Gasteiger charge is -2.37. The maximum Gasteiger partial charge on any atom is 0.253 e. The number of carbonyl (C=O) groups is 1. The normalized spacial score (nSPS) is 26.8. The molecule has 22 heavy (non-hydrogen) atoms. The van der Waals surface area contributed by atoms with Gasteiger partial charge in [-0.2, -0.15) is 0 Å². The van der Waals surface area contributed by atoms with Crippen LogP contribution in [0.15, 0.2) is 24.3 Å². The highest BCUT2D eigenvalue weighted by atomic mass is 19.1. The summed E-state index contributed by atoms with van der Waals surface area (Å²) >= 11 is 0. The Morgan fingerprint density at radius 2 is 2.00 bits per heavy atom. The summed E-state index contributed by atoms with van der Waals surface area (Å²) in [6, 6.07) is 5.55. The molecule has 3 N–H and O–H groups in total. The van der Waals surface area contributed by atoms with Crippen LogP contribution in [0.3, 0.4) is 0 Å². The number of nitrogens with two attached hydrogens (primary N) is 1. The van der Waals surface area contributed by atoms with E-state index in [-0.39, 0.29) is 29.8 Å². The molecule has 0 spiro atoms. The smallest absolute Gasteiger partial charge is 0.253 e. The highest BCUT2D eigenvalue weighted by Gasteiger charge is 2.35. The predicted molar refractivity (Wildman–Crippen MR) is 81.7 cm³/mol. The van der Waals surface area contributed by atoms with Gasteiger partial charge >= 0.3 is 0 Å². The molecule has 1 aromatic carbocycles. The van der Waals surface area contributed by atoms with Crippen molar-refractivity contribution in [1.82, 2.24) is 4.90 Å². The van der Waals surface area contributed by atoms with E-state index < -0.39 is 0 Å². The number of halogens is 1. The van der Waals surface area contributed by atoms with Gasteiger partial charge in [0, 0.05) is 24.7 Å². The molecule has 1 heterocycles. The van der Waals surface area contributed by atoms with Gasteiger partial charge in [-0.3, -0.25) is 4.79 Å². The Morgan fingerprint density at radius 3 is 2.64 bits per heavy atom. The third-order valence-electron chi connectivity index (χ3n) is 4.69. The number of aliphatic hydroxyl groups excluding tert-OH is 1. The average molecular weight is 306 g/mol. The summed E-state index contributed by atoms with van der Waals surface area (Å²) in [6.45, 7) is 1.14. The van der Waals surface area contributed by atoms with Crippen LogP contribution in [0.1, 0.15) is 36.0 Å². The Labute approximate surface area is 130 Å². The topological polar surface area (TPSA) is 66.6 Å². The monoisotopic (exact) mass is 306 g/mol. The van der Waals surface area contributed by atoms with Gasteiger partial charge in [0.2, 0.25) is 0 Å². The third-order valence-corrected chi connectivity index (χ3v) is 4.69. The summed E-state index contributed by atoms with van der Waals surface area (Å²) in [5.41, 5.74) is 6.57. The van der Waals surface area contributed by atoms with Crippen molar-refractivity contribution in [3.63, 3.8) is 0 Å². The molecule has 120 valence electrons. The van der Waals surface area contributed by atoms with Crippen LogP contribution >= 0.6 is 0 Å². The summed E-state index contributed by atoms with van der Waals surface area (Å²) in [4.78, 5) is 14.3. The lowest BCUT2D eigenvalue weighted by molar-refractivity contribution is 0.0546. The van der Waals surface area contributed by atoms with Crippen LogP contribution in [0.4, 0.5) is 4.39 Å². The van der Waals surface area contributed by atoms with Crippen LogP contribution in [-0.4, -0.2) is 41.1 Å². The van der Waals surface area contributed by atoms with E-state index in [9.17, 15) is 14.3 Å². The van der Waals surface area contributed by atoms with Crippen LogP contribution in [-0.2, 0) is 0 Å². The number of benzene rings is 1. The fourth-order valence-electron chi connectivity index (χ4n) is 3.37. The second-order valence-corrected chi connectivity index (χ2v) is 6.72. The standard InChI is InChI=1S/C17H23FN2O2/c18-14-5-3-13(4-6-14)17(22)20-9-11(7-15(19)10-20)8-16(21)12-1-2-12/h3-6,11-12,15-16,21H,1-2,7-10,19H2. The van der Waals surface area contributed by atoms with Gasteiger partial charge in [0.1, 0.15) is 5.82 Å². The summed E-state index contributed by atoms with van der Waals surface area (Å²) in [5, 5.41) is 10.1. The number of amides is 1. The summed E-state index contributed by atoms with van der Waals surface area (Å²) in [7, 11) is 0. The van der Waals surface area contributed by atoms with Crippen LogP contribution < -0.4 is 5.73 Å². The van der Waals surface area contributed by atoms with Gasteiger partial charge in [0.15, 0.2) is 0 Å². The molecule has 0 radical (unpaired) electrons. The number of hydrogen-bond acceptors (Lipinski definition) is 3. The first-order valence-electron chi connectivity index (χ1n) is 8.01. The van der Waals surface area contributed by atoms with Crippen molar-refractivity contribution in [3.05, 3.63) is 35.6 Å². The van der Waals surface area contributed by atoms with Gasteiger partial charge in [-0.15, -0.1) is 0 Å². The van der Waals surface area contributed by atoms with Crippen LogP contribution in [0.5, 0.6) is 0 Å². The van der Waals surface area contributed by atoms with Crippen molar-refractivity contribution in [3.8, 4) is 0 Å². The largest absolute Gasteiger partial charge is 0.393 e. The second-order valence-electron chi connectivity index (χ2n) is 6.72. The summed E-state index contributed by atoms with van der Waals surface area (Å²) in [6.07, 6.45) is 3.51. The van der Waals surface area contributed by atoms with E-state index in [0.29, 0.717) is 31.0 Å². The van der Waals surface area contributed by atoms with Crippen molar-refractivity contribution in [2.45, 2.75) is 37.8 Å². The maximum absolute atomic E-state index is 13.0. The molecule has 0 aromatic heterocycles. The minimum Gasteiger partial charge on any atom is -0.393 e. The minimum absolute atomic E-state index is 0.0606. The molecule has 1 saturated carbocycles. The molecule has 1 aliphatic carbocycles. The molecule has 1 amide bonds. The van der Waals surface area contributed by atoms with Crippen molar-refractivity contribution < 1.29 is 14.3 Å². The Bertz CT molecular complexity index is 530. The molecule has 4 nitrogen and oxygen atoms in total. The van der Waals surface area contributed by atoms with E-state index in [1.807, 2.05) is 0 Å². The first-order chi connectivity index (χ1) is 10.5. The van der Waals surface area contributed by atoms with Crippen LogP contribution in [0.25, 0.3) is 0 Å².